The van der Waals surface area contributed by atoms with Crippen LogP contribution in [0, 0.1) is 12.8 Å². The van der Waals surface area contributed by atoms with Crippen LogP contribution in [-0.4, -0.2) is 24.1 Å². The van der Waals surface area contributed by atoms with Crippen molar-refractivity contribution in [1.82, 2.24) is 10.3 Å². The molecule has 3 rings (SSSR count). The van der Waals surface area contributed by atoms with E-state index in [-0.39, 0.29) is 0 Å². The summed E-state index contributed by atoms with van der Waals surface area (Å²) in [5, 5.41) is 3.61. The SMILES string of the molecule is CCCC1CCN(c2cc(CNC3CC3)cc(C)n2)CC1. The molecule has 0 spiro atoms. The topological polar surface area (TPSA) is 28.2 Å². The zero-order chi connectivity index (χ0) is 14.7. The van der Waals surface area contributed by atoms with E-state index in [1.54, 1.807) is 0 Å². The third-order valence-electron chi connectivity index (χ3n) is 4.81. The van der Waals surface area contributed by atoms with E-state index < -0.39 is 0 Å². The third-order valence-corrected chi connectivity index (χ3v) is 4.81. The van der Waals surface area contributed by atoms with Gasteiger partial charge in [0.25, 0.3) is 0 Å². The highest BCUT2D eigenvalue weighted by atomic mass is 15.2. The van der Waals surface area contributed by atoms with Gasteiger partial charge in [-0.3, -0.25) is 0 Å². The normalized spacial score (nSPS) is 20.0. The van der Waals surface area contributed by atoms with Gasteiger partial charge in [-0.25, -0.2) is 4.98 Å². The summed E-state index contributed by atoms with van der Waals surface area (Å²) in [7, 11) is 0. The van der Waals surface area contributed by atoms with Crippen LogP contribution in [0.15, 0.2) is 12.1 Å². The molecule has 0 atom stereocenters. The molecule has 1 aromatic heterocycles. The van der Waals surface area contributed by atoms with Gasteiger partial charge in [0, 0.05) is 31.4 Å². The molecule has 21 heavy (non-hydrogen) atoms. The first kappa shape index (κ1) is 14.8. The van der Waals surface area contributed by atoms with Crippen LogP contribution in [0.25, 0.3) is 0 Å². The summed E-state index contributed by atoms with van der Waals surface area (Å²) in [5.74, 6) is 2.13. The minimum absolute atomic E-state index is 0.770. The molecule has 1 N–H and O–H groups in total. The Morgan fingerprint density at radius 2 is 1.95 bits per heavy atom. The lowest BCUT2D eigenvalue weighted by Gasteiger charge is -2.33. The molecule has 2 aliphatic rings. The van der Waals surface area contributed by atoms with Crippen LogP contribution in [0.1, 0.15) is 56.7 Å². The molecule has 2 heterocycles. The maximum atomic E-state index is 4.77. The van der Waals surface area contributed by atoms with Gasteiger partial charge in [0.2, 0.25) is 0 Å². The molecule has 0 aromatic carbocycles. The largest absolute Gasteiger partial charge is 0.357 e. The van der Waals surface area contributed by atoms with E-state index in [0.29, 0.717) is 0 Å². The number of pyridine rings is 1. The molecule has 3 heteroatoms. The summed E-state index contributed by atoms with van der Waals surface area (Å²) in [4.78, 5) is 7.26. The fraction of sp³-hybridized carbons (Fsp3) is 0.722. The average Bonchev–Trinajstić information content (AvgIpc) is 3.30. The minimum atomic E-state index is 0.770. The number of piperidine rings is 1. The summed E-state index contributed by atoms with van der Waals surface area (Å²) in [5.41, 5.74) is 2.54. The Labute approximate surface area is 129 Å². The van der Waals surface area contributed by atoms with Gasteiger partial charge in [0.1, 0.15) is 5.82 Å². The maximum absolute atomic E-state index is 4.77. The van der Waals surface area contributed by atoms with E-state index in [1.807, 2.05) is 0 Å². The monoisotopic (exact) mass is 287 g/mol. The van der Waals surface area contributed by atoms with Gasteiger partial charge in [-0.05, 0) is 56.2 Å². The molecule has 0 radical (unpaired) electrons. The quantitative estimate of drug-likeness (QED) is 0.865. The molecule has 1 saturated carbocycles. The van der Waals surface area contributed by atoms with E-state index in [9.17, 15) is 0 Å². The Kier molecular flexibility index (Phi) is 4.79. The summed E-state index contributed by atoms with van der Waals surface area (Å²) in [6.07, 6.45) is 8.08. The van der Waals surface area contributed by atoms with Gasteiger partial charge < -0.3 is 10.2 Å². The Morgan fingerprint density at radius 3 is 2.62 bits per heavy atom. The second-order valence-corrected chi connectivity index (χ2v) is 6.85. The second kappa shape index (κ2) is 6.78. The molecule has 0 unspecified atom stereocenters. The molecular formula is C18H29N3. The van der Waals surface area contributed by atoms with Gasteiger partial charge in [-0.1, -0.05) is 19.8 Å². The van der Waals surface area contributed by atoms with Gasteiger partial charge in [0.05, 0.1) is 0 Å². The number of aromatic nitrogens is 1. The number of nitrogens with one attached hydrogen (secondary N) is 1. The van der Waals surface area contributed by atoms with Crippen molar-refractivity contribution in [3.8, 4) is 0 Å². The first-order chi connectivity index (χ1) is 10.2. The second-order valence-electron chi connectivity index (χ2n) is 6.85. The van der Waals surface area contributed by atoms with Crippen LogP contribution < -0.4 is 10.2 Å². The van der Waals surface area contributed by atoms with Crippen molar-refractivity contribution in [3.05, 3.63) is 23.4 Å². The lowest BCUT2D eigenvalue weighted by Crippen LogP contribution is -2.34. The third kappa shape index (κ3) is 4.19. The molecule has 1 aliphatic heterocycles. The molecule has 0 amide bonds. The predicted octanol–water partition coefficient (Wildman–Crippen LogP) is 3.66. The average molecular weight is 287 g/mol. The first-order valence-corrected chi connectivity index (χ1v) is 8.70. The van der Waals surface area contributed by atoms with Crippen molar-refractivity contribution in [3.63, 3.8) is 0 Å². The molecule has 3 nitrogen and oxygen atoms in total. The number of rotatable bonds is 6. The molecule has 1 aliphatic carbocycles. The van der Waals surface area contributed by atoms with Crippen LogP contribution in [0.4, 0.5) is 5.82 Å². The first-order valence-electron chi connectivity index (χ1n) is 8.70. The van der Waals surface area contributed by atoms with Crippen molar-refractivity contribution in [2.45, 2.75) is 65.0 Å². The summed E-state index contributed by atoms with van der Waals surface area (Å²) in [6, 6.07) is 5.29. The Morgan fingerprint density at radius 1 is 1.19 bits per heavy atom. The number of nitrogens with zero attached hydrogens (tertiary/aromatic N) is 2. The number of aryl methyl sites for hydroxylation is 1. The molecule has 116 valence electrons. The zero-order valence-electron chi connectivity index (χ0n) is 13.6. The summed E-state index contributed by atoms with van der Waals surface area (Å²) >= 11 is 0. The van der Waals surface area contributed by atoms with Crippen LogP contribution >= 0.6 is 0 Å². The minimum Gasteiger partial charge on any atom is -0.357 e. The number of anilines is 1. The summed E-state index contributed by atoms with van der Waals surface area (Å²) < 4.78 is 0. The van der Waals surface area contributed by atoms with Crippen LogP contribution in [0.2, 0.25) is 0 Å². The molecule has 2 fully saturated rings. The van der Waals surface area contributed by atoms with Crippen LogP contribution in [-0.2, 0) is 6.54 Å². The van der Waals surface area contributed by atoms with Gasteiger partial charge in [0.15, 0.2) is 0 Å². The van der Waals surface area contributed by atoms with Gasteiger partial charge in [-0.15, -0.1) is 0 Å². The molecule has 1 saturated heterocycles. The van der Waals surface area contributed by atoms with Crippen LogP contribution in [0.5, 0.6) is 0 Å². The van der Waals surface area contributed by atoms with E-state index >= 15 is 0 Å². The van der Waals surface area contributed by atoms with Crippen molar-refractivity contribution in [2.75, 3.05) is 18.0 Å². The zero-order valence-corrected chi connectivity index (χ0v) is 13.6. The molecular weight excluding hydrogens is 258 g/mol. The Bertz CT molecular complexity index is 460. The highest BCUT2D eigenvalue weighted by molar-refractivity contribution is 5.43. The van der Waals surface area contributed by atoms with E-state index in [2.05, 4.69) is 36.2 Å². The number of hydrogen-bond donors (Lipinski definition) is 1. The lowest BCUT2D eigenvalue weighted by atomic mass is 9.92. The number of hydrogen-bond acceptors (Lipinski definition) is 3. The fourth-order valence-corrected chi connectivity index (χ4v) is 3.39. The highest BCUT2D eigenvalue weighted by Gasteiger charge is 2.21. The predicted molar refractivity (Wildman–Crippen MR) is 88.7 cm³/mol. The van der Waals surface area contributed by atoms with Gasteiger partial charge >= 0.3 is 0 Å². The summed E-state index contributed by atoms with van der Waals surface area (Å²) in [6.45, 7) is 7.77. The van der Waals surface area contributed by atoms with E-state index in [0.717, 1.165) is 24.2 Å². The lowest BCUT2D eigenvalue weighted by molar-refractivity contribution is 0.377. The molecule has 1 aromatic rings. The van der Waals surface area contributed by atoms with E-state index in [1.165, 1.54) is 63.0 Å². The van der Waals surface area contributed by atoms with Gasteiger partial charge in [-0.2, -0.15) is 0 Å². The standard InChI is InChI=1S/C18H29N3/c1-3-4-15-7-9-21(10-8-15)18-12-16(11-14(2)20-18)13-19-17-5-6-17/h11-12,15,17,19H,3-10,13H2,1-2H3. The maximum Gasteiger partial charge on any atom is 0.129 e. The Hall–Kier alpha value is -1.09. The van der Waals surface area contributed by atoms with Crippen LogP contribution in [0.3, 0.4) is 0 Å². The fourth-order valence-electron chi connectivity index (χ4n) is 3.39. The van der Waals surface area contributed by atoms with Crippen molar-refractivity contribution >= 4 is 5.82 Å². The van der Waals surface area contributed by atoms with Crippen molar-refractivity contribution < 1.29 is 0 Å². The highest BCUT2D eigenvalue weighted by Crippen LogP contribution is 2.26. The molecule has 0 bridgehead atoms. The Balaban J connectivity index is 1.61. The van der Waals surface area contributed by atoms with Crippen molar-refractivity contribution in [1.29, 1.82) is 0 Å². The van der Waals surface area contributed by atoms with Crippen molar-refractivity contribution in [2.24, 2.45) is 5.92 Å². The smallest absolute Gasteiger partial charge is 0.129 e. The van der Waals surface area contributed by atoms with E-state index in [4.69, 9.17) is 4.98 Å².